The fourth-order valence-corrected chi connectivity index (χ4v) is 2.62. The predicted octanol–water partition coefficient (Wildman–Crippen LogP) is 3.28. The monoisotopic (exact) mass is 289 g/mol. The number of allylic oxidation sites excluding steroid dienone is 1. The molecular weight excluding hydrogens is 270 g/mol. The van der Waals surface area contributed by atoms with E-state index in [2.05, 4.69) is 27.6 Å². The van der Waals surface area contributed by atoms with Gasteiger partial charge in [-0.25, -0.2) is 9.97 Å². The van der Waals surface area contributed by atoms with Gasteiger partial charge in [-0.1, -0.05) is 24.4 Å². The van der Waals surface area contributed by atoms with Gasteiger partial charge < -0.3 is 4.74 Å². The van der Waals surface area contributed by atoms with Crippen LogP contribution in [0.5, 0.6) is 5.88 Å². The molecule has 20 heavy (non-hydrogen) atoms. The SMILES string of the molecule is C=CSC(CCc1nc2c(nc1OC)CCC=C2)=NC. The molecule has 0 bridgehead atoms. The zero-order valence-corrected chi connectivity index (χ0v) is 12.7. The van der Waals surface area contributed by atoms with Crippen LogP contribution < -0.4 is 4.74 Å². The van der Waals surface area contributed by atoms with Crippen LogP contribution in [0.4, 0.5) is 0 Å². The molecule has 0 aliphatic heterocycles. The average molecular weight is 289 g/mol. The number of aromatic nitrogens is 2. The Labute approximate surface area is 124 Å². The van der Waals surface area contributed by atoms with Gasteiger partial charge in [0.05, 0.1) is 23.5 Å². The highest BCUT2D eigenvalue weighted by molar-refractivity contribution is 8.16. The molecule has 0 amide bonds. The highest BCUT2D eigenvalue weighted by Gasteiger charge is 2.15. The van der Waals surface area contributed by atoms with Gasteiger partial charge in [0.1, 0.15) is 5.69 Å². The third-order valence-electron chi connectivity index (χ3n) is 3.10. The molecule has 0 saturated carbocycles. The van der Waals surface area contributed by atoms with Crippen LogP contribution in [-0.4, -0.2) is 29.2 Å². The molecule has 1 aromatic heterocycles. The Bertz CT molecular complexity index is 552. The molecule has 5 heteroatoms. The zero-order valence-electron chi connectivity index (χ0n) is 11.9. The van der Waals surface area contributed by atoms with Gasteiger partial charge in [-0.15, -0.1) is 0 Å². The molecule has 1 heterocycles. The molecule has 0 saturated heterocycles. The molecule has 1 aromatic rings. The number of methoxy groups -OCH3 is 1. The summed E-state index contributed by atoms with van der Waals surface area (Å²) in [5.74, 6) is 0.637. The lowest BCUT2D eigenvalue weighted by atomic mass is 10.1. The second-order valence-electron chi connectivity index (χ2n) is 4.35. The lowest BCUT2D eigenvalue weighted by molar-refractivity contribution is 0.387. The minimum atomic E-state index is 0.637. The summed E-state index contributed by atoms with van der Waals surface area (Å²) in [6.07, 6.45) is 7.73. The first-order chi connectivity index (χ1) is 9.78. The van der Waals surface area contributed by atoms with E-state index in [4.69, 9.17) is 4.74 Å². The second-order valence-corrected chi connectivity index (χ2v) is 5.39. The van der Waals surface area contributed by atoms with Gasteiger partial charge in [0.25, 0.3) is 0 Å². The van der Waals surface area contributed by atoms with Crippen LogP contribution in [-0.2, 0) is 12.8 Å². The molecule has 1 aliphatic rings. The molecule has 0 spiro atoms. The van der Waals surface area contributed by atoms with Crippen molar-refractivity contribution < 1.29 is 4.74 Å². The summed E-state index contributed by atoms with van der Waals surface area (Å²) >= 11 is 1.55. The van der Waals surface area contributed by atoms with Crippen LogP contribution in [0.2, 0.25) is 0 Å². The van der Waals surface area contributed by atoms with Crippen LogP contribution >= 0.6 is 11.8 Å². The molecule has 0 N–H and O–H groups in total. The van der Waals surface area contributed by atoms with E-state index in [9.17, 15) is 0 Å². The lowest BCUT2D eigenvalue weighted by Crippen LogP contribution is -2.08. The fourth-order valence-electron chi connectivity index (χ4n) is 2.11. The molecule has 1 aliphatic carbocycles. The smallest absolute Gasteiger partial charge is 0.235 e. The third-order valence-corrected chi connectivity index (χ3v) is 3.92. The van der Waals surface area contributed by atoms with Gasteiger partial charge in [0.2, 0.25) is 5.88 Å². The third kappa shape index (κ3) is 3.48. The minimum Gasteiger partial charge on any atom is -0.480 e. The number of hydrogen-bond acceptors (Lipinski definition) is 5. The summed E-state index contributed by atoms with van der Waals surface area (Å²) in [6.45, 7) is 3.72. The van der Waals surface area contributed by atoms with Gasteiger partial charge >= 0.3 is 0 Å². The van der Waals surface area contributed by atoms with E-state index < -0.39 is 0 Å². The largest absolute Gasteiger partial charge is 0.480 e. The summed E-state index contributed by atoms with van der Waals surface area (Å²) in [6, 6.07) is 0. The molecule has 0 radical (unpaired) electrons. The number of nitrogens with zero attached hydrogens (tertiary/aromatic N) is 3. The maximum absolute atomic E-state index is 5.37. The van der Waals surface area contributed by atoms with Crippen molar-refractivity contribution in [3.63, 3.8) is 0 Å². The normalized spacial score (nSPS) is 14.0. The molecule has 4 nitrogen and oxygen atoms in total. The number of aryl methyl sites for hydroxylation is 2. The topological polar surface area (TPSA) is 47.4 Å². The van der Waals surface area contributed by atoms with E-state index in [0.29, 0.717) is 5.88 Å². The molecular formula is C15H19N3OS. The van der Waals surface area contributed by atoms with E-state index in [1.165, 1.54) is 0 Å². The number of thioether (sulfide) groups is 1. The Kier molecular flexibility index (Phi) is 5.35. The predicted molar refractivity (Wildman–Crippen MR) is 85.4 cm³/mol. The van der Waals surface area contributed by atoms with Gasteiger partial charge in [0.15, 0.2) is 0 Å². The highest BCUT2D eigenvalue weighted by atomic mass is 32.2. The van der Waals surface area contributed by atoms with E-state index in [1.807, 2.05) is 6.08 Å². The Morgan fingerprint density at radius 2 is 2.40 bits per heavy atom. The van der Waals surface area contributed by atoms with Crippen LogP contribution in [0.3, 0.4) is 0 Å². The fraction of sp³-hybridized carbons (Fsp3) is 0.400. The second kappa shape index (κ2) is 7.24. The van der Waals surface area contributed by atoms with E-state index in [1.54, 1.807) is 31.3 Å². The van der Waals surface area contributed by atoms with Crippen molar-refractivity contribution in [3.05, 3.63) is 35.1 Å². The number of rotatable bonds is 5. The molecule has 0 unspecified atom stereocenters. The summed E-state index contributed by atoms with van der Waals surface area (Å²) < 4.78 is 5.37. The van der Waals surface area contributed by atoms with E-state index in [-0.39, 0.29) is 0 Å². The van der Waals surface area contributed by atoms with Crippen molar-refractivity contribution in [2.24, 2.45) is 4.99 Å². The van der Waals surface area contributed by atoms with Gasteiger partial charge in [-0.2, -0.15) is 0 Å². The first kappa shape index (κ1) is 14.8. The minimum absolute atomic E-state index is 0.637. The Morgan fingerprint density at radius 3 is 3.10 bits per heavy atom. The Morgan fingerprint density at radius 1 is 1.55 bits per heavy atom. The quantitative estimate of drug-likeness (QED) is 0.616. The van der Waals surface area contributed by atoms with Crippen molar-refractivity contribution in [1.82, 2.24) is 9.97 Å². The van der Waals surface area contributed by atoms with Gasteiger partial charge in [-0.3, -0.25) is 4.99 Å². The van der Waals surface area contributed by atoms with Crippen molar-refractivity contribution in [2.75, 3.05) is 14.2 Å². The number of ether oxygens (including phenoxy) is 1. The first-order valence-corrected chi connectivity index (χ1v) is 7.50. The van der Waals surface area contributed by atoms with Gasteiger partial charge in [0, 0.05) is 19.9 Å². The standard InChI is InChI=1S/C15H19N3OS/c1-4-20-14(16-2)10-9-13-15(19-3)18-12-8-6-5-7-11(12)17-13/h4-5,7H,1,6,8-10H2,2-3H3. The van der Waals surface area contributed by atoms with Crippen molar-refractivity contribution in [3.8, 4) is 5.88 Å². The highest BCUT2D eigenvalue weighted by Crippen LogP contribution is 2.23. The van der Waals surface area contributed by atoms with Crippen molar-refractivity contribution >= 4 is 22.9 Å². The average Bonchev–Trinajstić information content (AvgIpc) is 2.50. The molecule has 106 valence electrons. The van der Waals surface area contributed by atoms with Crippen LogP contribution in [0.1, 0.15) is 29.9 Å². The number of fused-ring (bicyclic) bond motifs is 1. The van der Waals surface area contributed by atoms with Crippen LogP contribution in [0, 0.1) is 0 Å². The molecule has 0 atom stereocenters. The molecule has 0 fully saturated rings. The number of aliphatic imine (C=N–C) groups is 1. The summed E-state index contributed by atoms with van der Waals surface area (Å²) in [7, 11) is 3.44. The summed E-state index contributed by atoms with van der Waals surface area (Å²) in [5.41, 5.74) is 2.89. The Hall–Kier alpha value is -1.62. The van der Waals surface area contributed by atoms with E-state index in [0.717, 1.165) is 47.8 Å². The van der Waals surface area contributed by atoms with Crippen LogP contribution in [0.15, 0.2) is 23.1 Å². The lowest BCUT2D eigenvalue weighted by Gasteiger charge is -2.13. The summed E-state index contributed by atoms with van der Waals surface area (Å²) in [4.78, 5) is 13.5. The zero-order chi connectivity index (χ0) is 14.4. The maximum atomic E-state index is 5.37. The summed E-state index contributed by atoms with van der Waals surface area (Å²) in [5, 5.41) is 2.83. The van der Waals surface area contributed by atoms with Gasteiger partial charge in [-0.05, 0) is 24.3 Å². The van der Waals surface area contributed by atoms with E-state index >= 15 is 0 Å². The first-order valence-electron chi connectivity index (χ1n) is 6.62. The maximum Gasteiger partial charge on any atom is 0.235 e. The number of hydrogen-bond donors (Lipinski definition) is 0. The molecule has 0 aromatic carbocycles. The van der Waals surface area contributed by atoms with Crippen LogP contribution in [0.25, 0.3) is 6.08 Å². The molecule has 2 rings (SSSR count). The van der Waals surface area contributed by atoms with Crippen molar-refractivity contribution in [2.45, 2.75) is 25.7 Å². The van der Waals surface area contributed by atoms with Crippen molar-refractivity contribution in [1.29, 1.82) is 0 Å². The Balaban J connectivity index is 2.18.